The maximum Gasteiger partial charge on any atom is 0.335 e. The van der Waals surface area contributed by atoms with E-state index >= 15 is 0 Å². The lowest BCUT2D eigenvalue weighted by atomic mass is 10.1. The summed E-state index contributed by atoms with van der Waals surface area (Å²) in [4.78, 5) is 14.2. The second-order valence-electron chi connectivity index (χ2n) is 3.85. The van der Waals surface area contributed by atoms with Crippen LogP contribution in [0.25, 0.3) is 23.1 Å². The van der Waals surface area contributed by atoms with E-state index in [2.05, 4.69) is 10.3 Å². The van der Waals surface area contributed by atoms with E-state index < -0.39 is 5.97 Å². The second-order valence-corrected chi connectivity index (χ2v) is 3.85. The van der Waals surface area contributed by atoms with E-state index in [1.807, 2.05) is 24.6 Å². The fourth-order valence-corrected chi connectivity index (χ4v) is 2.00. The highest BCUT2D eigenvalue weighted by atomic mass is 16.4. The van der Waals surface area contributed by atoms with Crippen LogP contribution in [0.5, 0.6) is 0 Å². The lowest BCUT2D eigenvalue weighted by Gasteiger charge is -1.96. The van der Waals surface area contributed by atoms with E-state index in [1.165, 1.54) is 0 Å². The molecule has 0 bridgehead atoms. The molecule has 0 aliphatic carbocycles. The number of fused-ring (bicyclic) bond motifs is 3. The Morgan fingerprint density at radius 1 is 1.18 bits per heavy atom. The van der Waals surface area contributed by atoms with Gasteiger partial charge in [-0.05, 0) is 30.4 Å². The molecule has 1 aromatic carbocycles. The molecule has 0 unspecified atom stereocenters. The predicted octanol–water partition coefficient (Wildman–Crippen LogP) is 2.41. The van der Waals surface area contributed by atoms with Crippen LogP contribution in [0, 0.1) is 0 Å². The van der Waals surface area contributed by atoms with Crippen molar-refractivity contribution in [2.45, 2.75) is 0 Å². The van der Waals surface area contributed by atoms with E-state index in [0.717, 1.165) is 22.2 Å². The van der Waals surface area contributed by atoms with Crippen molar-refractivity contribution in [2.24, 2.45) is 0 Å². The van der Waals surface area contributed by atoms with Gasteiger partial charge >= 0.3 is 5.97 Å². The third kappa shape index (κ3) is 1.50. The van der Waals surface area contributed by atoms with Crippen molar-refractivity contribution < 1.29 is 9.90 Å². The summed E-state index contributed by atoms with van der Waals surface area (Å²) in [5.74, 6) is -0.909. The number of carboxylic acid groups (broad SMARTS) is 1. The molecule has 0 spiro atoms. The lowest BCUT2D eigenvalue weighted by molar-refractivity contribution is 0.0697. The van der Waals surface area contributed by atoms with Gasteiger partial charge in [-0.15, -0.1) is 0 Å². The summed E-state index contributed by atoms with van der Waals surface area (Å²) in [6, 6.07) is 5.09. The van der Waals surface area contributed by atoms with Crippen LogP contribution < -0.4 is 5.32 Å². The maximum atomic E-state index is 10.9. The Morgan fingerprint density at radius 3 is 2.82 bits per heavy atom. The molecule has 0 atom stereocenters. The van der Waals surface area contributed by atoms with Gasteiger partial charge in [-0.3, -0.25) is 0 Å². The van der Waals surface area contributed by atoms with Crippen molar-refractivity contribution in [3.63, 3.8) is 0 Å². The molecule has 2 aromatic rings. The van der Waals surface area contributed by atoms with Gasteiger partial charge in [-0.25, -0.2) is 4.79 Å². The molecule has 2 heterocycles. The average Bonchev–Trinajstić information content (AvgIpc) is 2.51. The number of hydrogen-bond acceptors (Lipinski definition) is 2. The van der Waals surface area contributed by atoms with Crippen LogP contribution in [0.3, 0.4) is 0 Å². The molecule has 4 nitrogen and oxygen atoms in total. The normalized spacial score (nSPS) is 13.2. The van der Waals surface area contributed by atoms with Gasteiger partial charge in [0.1, 0.15) is 0 Å². The molecule has 3 rings (SSSR count). The highest BCUT2D eigenvalue weighted by molar-refractivity contribution is 5.99. The molecule has 0 saturated carbocycles. The van der Waals surface area contributed by atoms with Crippen molar-refractivity contribution in [3.05, 3.63) is 47.4 Å². The molecule has 0 saturated heterocycles. The Bertz CT molecular complexity index is 665. The molecule has 3 N–H and O–H groups in total. The number of hydrogen-bond donors (Lipinski definition) is 3. The van der Waals surface area contributed by atoms with Crippen LogP contribution in [0.2, 0.25) is 0 Å². The topological polar surface area (TPSA) is 65.1 Å². The van der Waals surface area contributed by atoms with E-state index in [1.54, 1.807) is 18.2 Å². The molecule has 0 amide bonds. The molecule has 84 valence electrons. The van der Waals surface area contributed by atoms with Gasteiger partial charge in [0.25, 0.3) is 0 Å². The van der Waals surface area contributed by atoms with Crippen LogP contribution in [-0.4, -0.2) is 16.1 Å². The third-order valence-corrected chi connectivity index (χ3v) is 2.81. The Kier molecular flexibility index (Phi) is 2.01. The molecule has 0 fully saturated rings. The number of carboxylic acids is 1. The summed E-state index contributed by atoms with van der Waals surface area (Å²) < 4.78 is 0. The first-order valence-corrected chi connectivity index (χ1v) is 5.24. The Morgan fingerprint density at radius 2 is 2.00 bits per heavy atom. The number of rotatable bonds is 1. The average molecular weight is 226 g/mol. The molecule has 1 aliphatic rings. The van der Waals surface area contributed by atoms with Crippen LogP contribution in [0.15, 0.2) is 30.6 Å². The van der Waals surface area contributed by atoms with Crippen LogP contribution in [0.4, 0.5) is 0 Å². The minimum atomic E-state index is -0.909. The highest BCUT2D eigenvalue weighted by Gasteiger charge is 2.11. The minimum absolute atomic E-state index is 0.300. The fourth-order valence-electron chi connectivity index (χ4n) is 2.00. The monoisotopic (exact) mass is 226 g/mol. The maximum absolute atomic E-state index is 10.9. The summed E-state index contributed by atoms with van der Waals surface area (Å²) >= 11 is 0. The first-order chi connectivity index (χ1) is 8.25. The summed E-state index contributed by atoms with van der Waals surface area (Å²) in [6.07, 6.45) is 7.51. The van der Waals surface area contributed by atoms with Gasteiger partial charge < -0.3 is 15.4 Å². The summed E-state index contributed by atoms with van der Waals surface area (Å²) in [7, 11) is 0. The minimum Gasteiger partial charge on any atom is -0.478 e. The summed E-state index contributed by atoms with van der Waals surface area (Å²) in [5, 5.41) is 12.9. The van der Waals surface area contributed by atoms with Gasteiger partial charge in [0.05, 0.1) is 5.56 Å². The van der Waals surface area contributed by atoms with Crippen molar-refractivity contribution in [2.75, 3.05) is 0 Å². The summed E-state index contributed by atoms with van der Waals surface area (Å²) in [6.45, 7) is 0. The first kappa shape index (κ1) is 9.72. The van der Waals surface area contributed by atoms with Gasteiger partial charge in [0.2, 0.25) is 0 Å². The van der Waals surface area contributed by atoms with Crippen molar-refractivity contribution >= 4 is 29.0 Å². The number of carbonyl (C=O) groups is 1. The fraction of sp³-hybridized carbons (Fsp3) is 0. The quantitative estimate of drug-likeness (QED) is 0.699. The van der Waals surface area contributed by atoms with Crippen molar-refractivity contribution in [1.29, 1.82) is 0 Å². The standard InChI is InChI=1S/C13H10N2O2/c16-13(17)8-1-2-11-10(7-8)9-3-5-14-6-4-12(9)15-11/h1-7,14-15H,(H,16,17). The molecule has 4 heteroatoms. The third-order valence-electron chi connectivity index (χ3n) is 2.81. The molecule has 1 aliphatic heterocycles. The van der Waals surface area contributed by atoms with E-state index in [-0.39, 0.29) is 0 Å². The zero-order chi connectivity index (χ0) is 11.8. The zero-order valence-electron chi connectivity index (χ0n) is 8.90. The SMILES string of the molecule is O=C(O)c1ccc2[nH]c3c(c2c1)C=CNC=C3. The smallest absolute Gasteiger partial charge is 0.335 e. The largest absolute Gasteiger partial charge is 0.478 e. The Labute approximate surface area is 97.3 Å². The highest BCUT2D eigenvalue weighted by Crippen LogP contribution is 2.26. The second kappa shape index (κ2) is 3.52. The van der Waals surface area contributed by atoms with Gasteiger partial charge in [0.15, 0.2) is 0 Å². The molecule has 1 aromatic heterocycles. The molecule has 17 heavy (non-hydrogen) atoms. The lowest BCUT2D eigenvalue weighted by Crippen LogP contribution is -1.94. The Balaban J connectivity index is 2.32. The van der Waals surface area contributed by atoms with Crippen LogP contribution in [0.1, 0.15) is 21.6 Å². The first-order valence-electron chi connectivity index (χ1n) is 5.24. The number of aromatic nitrogens is 1. The van der Waals surface area contributed by atoms with E-state index in [4.69, 9.17) is 5.11 Å². The number of aromatic carboxylic acids is 1. The van der Waals surface area contributed by atoms with Gasteiger partial charge in [-0.2, -0.15) is 0 Å². The molecular formula is C13H10N2O2. The predicted molar refractivity (Wildman–Crippen MR) is 66.5 cm³/mol. The van der Waals surface area contributed by atoms with Gasteiger partial charge in [0, 0.05) is 34.6 Å². The number of nitrogens with one attached hydrogen (secondary N) is 2. The van der Waals surface area contributed by atoms with Crippen LogP contribution >= 0.6 is 0 Å². The van der Waals surface area contributed by atoms with E-state index in [9.17, 15) is 4.79 Å². The van der Waals surface area contributed by atoms with Gasteiger partial charge in [-0.1, -0.05) is 0 Å². The molecule has 0 radical (unpaired) electrons. The molecular weight excluding hydrogens is 216 g/mol. The number of H-pyrrole nitrogens is 1. The van der Waals surface area contributed by atoms with Crippen molar-refractivity contribution in [3.8, 4) is 0 Å². The zero-order valence-corrected chi connectivity index (χ0v) is 8.90. The van der Waals surface area contributed by atoms with Crippen LogP contribution in [-0.2, 0) is 0 Å². The van der Waals surface area contributed by atoms with E-state index in [0.29, 0.717) is 5.56 Å². The Hall–Kier alpha value is -2.49. The number of aromatic amines is 1. The summed E-state index contributed by atoms with van der Waals surface area (Å²) in [5.41, 5.74) is 3.22. The van der Waals surface area contributed by atoms with Crippen molar-refractivity contribution in [1.82, 2.24) is 10.3 Å². The number of benzene rings is 1.